The van der Waals surface area contributed by atoms with Crippen LogP contribution in [-0.2, 0) is 0 Å². The van der Waals surface area contributed by atoms with Gasteiger partial charge in [-0.2, -0.15) is 5.26 Å². The highest BCUT2D eigenvalue weighted by Crippen LogP contribution is 2.29. The normalized spacial score (nSPS) is 27.7. The molecule has 16 heavy (non-hydrogen) atoms. The first kappa shape index (κ1) is 13.5. The molecule has 3 heteroatoms. The molecule has 1 aliphatic carbocycles. The van der Waals surface area contributed by atoms with Crippen LogP contribution in [0.4, 0.5) is 0 Å². The second-order valence-corrected chi connectivity index (χ2v) is 4.94. The Labute approximate surface area is 99.6 Å². The maximum absolute atomic E-state index is 8.84. The molecule has 3 unspecified atom stereocenters. The van der Waals surface area contributed by atoms with E-state index in [0.29, 0.717) is 24.4 Å². The maximum Gasteiger partial charge on any atom is 0.0638 e. The molecule has 0 heterocycles. The van der Waals surface area contributed by atoms with Crippen LogP contribution in [0.2, 0.25) is 0 Å². The Morgan fingerprint density at radius 2 is 2.12 bits per heavy atom. The molecule has 0 saturated heterocycles. The van der Waals surface area contributed by atoms with Crippen molar-refractivity contribution in [3.63, 3.8) is 0 Å². The Hall–Kier alpha value is -0.590. The lowest BCUT2D eigenvalue weighted by Crippen LogP contribution is -2.47. The van der Waals surface area contributed by atoms with E-state index in [2.05, 4.69) is 24.9 Å². The van der Waals surface area contributed by atoms with Crippen LogP contribution in [-0.4, -0.2) is 30.6 Å². The van der Waals surface area contributed by atoms with Crippen molar-refractivity contribution in [3.8, 4) is 6.07 Å². The zero-order chi connectivity index (χ0) is 12.0. The number of nitriles is 1. The molecule has 1 rings (SSSR count). The molecule has 1 aliphatic rings. The minimum atomic E-state index is 0.405. The van der Waals surface area contributed by atoms with Crippen LogP contribution in [0, 0.1) is 17.2 Å². The van der Waals surface area contributed by atoms with E-state index < -0.39 is 0 Å². The van der Waals surface area contributed by atoms with Crippen molar-refractivity contribution in [1.82, 2.24) is 4.90 Å². The second kappa shape index (κ2) is 6.88. The Morgan fingerprint density at radius 1 is 1.44 bits per heavy atom. The summed E-state index contributed by atoms with van der Waals surface area (Å²) in [4.78, 5) is 2.42. The zero-order valence-corrected chi connectivity index (χ0v) is 10.7. The SMILES string of the molecule is CCC(CC#N)N(C)C1CCCCC1CN. The smallest absolute Gasteiger partial charge is 0.0638 e. The quantitative estimate of drug-likeness (QED) is 0.777. The van der Waals surface area contributed by atoms with Gasteiger partial charge in [-0.05, 0) is 38.8 Å². The molecule has 0 radical (unpaired) electrons. The number of nitrogens with zero attached hydrogens (tertiary/aromatic N) is 2. The summed E-state index contributed by atoms with van der Waals surface area (Å²) in [6.45, 7) is 2.96. The summed E-state index contributed by atoms with van der Waals surface area (Å²) in [5, 5.41) is 8.84. The average Bonchev–Trinajstić information content (AvgIpc) is 2.35. The molecule has 2 N–H and O–H groups in total. The first-order valence-electron chi connectivity index (χ1n) is 6.53. The molecule has 0 aromatic rings. The highest BCUT2D eigenvalue weighted by Gasteiger charge is 2.30. The first-order chi connectivity index (χ1) is 7.74. The van der Waals surface area contributed by atoms with Crippen LogP contribution in [0.5, 0.6) is 0 Å². The Bertz CT molecular complexity index is 234. The molecule has 1 fully saturated rings. The van der Waals surface area contributed by atoms with Crippen LogP contribution < -0.4 is 5.73 Å². The number of hydrogen-bond acceptors (Lipinski definition) is 3. The molecule has 0 bridgehead atoms. The van der Waals surface area contributed by atoms with E-state index in [1.165, 1.54) is 25.7 Å². The molecule has 0 aromatic heterocycles. The fourth-order valence-electron chi connectivity index (χ4n) is 2.95. The highest BCUT2D eigenvalue weighted by molar-refractivity contribution is 4.88. The van der Waals surface area contributed by atoms with Gasteiger partial charge in [0.2, 0.25) is 0 Å². The Morgan fingerprint density at radius 3 is 2.69 bits per heavy atom. The molecule has 0 aromatic carbocycles. The minimum absolute atomic E-state index is 0.405. The molecular formula is C13H25N3. The van der Waals surface area contributed by atoms with Crippen molar-refractivity contribution >= 4 is 0 Å². The average molecular weight is 223 g/mol. The van der Waals surface area contributed by atoms with Crippen molar-refractivity contribution in [1.29, 1.82) is 5.26 Å². The third-order valence-corrected chi connectivity index (χ3v) is 4.07. The number of hydrogen-bond donors (Lipinski definition) is 1. The van der Waals surface area contributed by atoms with E-state index in [1.54, 1.807) is 0 Å². The van der Waals surface area contributed by atoms with Gasteiger partial charge in [-0.1, -0.05) is 19.8 Å². The maximum atomic E-state index is 8.84. The molecule has 0 amide bonds. The van der Waals surface area contributed by atoms with Gasteiger partial charge in [0.05, 0.1) is 12.5 Å². The summed E-state index contributed by atoms with van der Waals surface area (Å²) in [6.07, 6.45) is 6.84. The minimum Gasteiger partial charge on any atom is -0.330 e. The summed E-state index contributed by atoms with van der Waals surface area (Å²) in [6, 6.07) is 3.30. The van der Waals surface area contributed by atoms with Gasteiger partial charge in [0.15, 0.2) is 0 Å². The first-order valence-corrected chi connectivity index (χ1v) is 6.53. The number of nitrogens with two attached hydrogens (primary N) is 1. The summed E-state index contributed by atoms with van der Waals surface area (Å²) in [7, 11) is 2.17. The van der Waals surface area contributed by atoms with Crippen molar-refractivity contribution in [2.75, 3.05) is 13.6 Å². The van der Waals surface area contributed by atoms with Crippen molar-refractivity contribution in [2.45, 2.75) is 57.5 Å². The van der Waals surface area contributed by atoms with E-state index in [0.717, 1.165) is 13.0 Å². The van der Waals surface area contributed by atoms with Crippen molar-refractivity contribution < 1.29 is 0 Å². The lowest BCUT2D eigenvalue weighted by molar-refractivity contribution is 0.0914. The van der Waals surface area contributed by atoms with Gasteiger partial charge < -0.3 is 5.73 Å². The predicted molar refractivity (Wildman–Crippen MR) is 66.9 cm³/mol. The molecule has 1 saturated carbocycles. The van der Waals surface area contributed by atoms with Gasteiger partial charge in [-0.25, -0.2) is 0 Å². The highest BCUT2D eigenvalue weighted by atomic mass is 15.2. The third-order valence-electron chi connectivity index (χ3n) is 4.07. The van der Waals surface area contributed by atoms with Gasteiger partial charge in [-0.15, -0.1) is 0 Å². The lowest BCUT2D eigenvalue weighted by Gasteiger charge is -2.41. The fraction of sp³-hybridized carbons (Fsp3) is 0.923. The summed E-state index contributed by atoms with van der Waals surface area (Å²) in [5.74, 6) is 0.631. The van der Waals surface area contributed by atoms with Crippen molar-refractivity contribution in [2.24, 2.45) is 11.7 Å². The zero-order valence-electron chi connectivity index (χ0n) is 10.7. The third kappa shape index (κ3) is 3.20. The number of rotatable bonds is 5. The second-order valence-electron chi connectivity index (χ2n) is 4.94. The van der Waals surface area contributed by atoms with Crippen LogP contribution in [0.1, 0.15) is 45.4 Å². The molecule has 3 nitrogen and oxygen atoms in total. The molecule has 92 valence electrons. The van der Waals surface area contributed by atoms with Crippen molar-refractivity contribution in [3.05, 3.63) is 0 Å². The van der Waals surface area contributed by atoms with Gasteiger partial charge >= 0.3 is 0 Å². The fourth-order valence-corrected chi connectivity index (χ4v) is 2.95. The van der Waals surface area contributed by atoms with Crippen LogP contribution in [0.25, 0.3) is 0 Å². The summed E-state index contributed by atoms with van der Waals surface area (Å²) < 4.78 is 0. The van der Waals surface area contributed by atoms with Gasteiger partial charge in [0, 0.05) is 12.1 Å². The lowest BCUT2D eigenvalue weighted by atomic mass is 9.83. The summed E-state index contributed by atoms with van der Waals surface area (Å²) >= 11 is 0. The van der Waals surface area contributed by atoms with E-state index in [1.807, 2.05) is 0 Å². The molecular weight excluding hydrogens is 198 g/mol. The molecule has 3 atom stereocenters. The van der Waals surface area contributed by atoms with Gasteiger partial charge in [-0.3, -0.25) is 4.90 Å². The molecule has 0 spiro atoms. The standard InChI is InChI=1S/C13H25N3/c1-3-12(8-9-14)16(2)13-7-5-4-6-11(13)10-15/h11-13H,3-8,10,15H2,1-2H3. The monoisotopic (exact) mass is 223 g/mol. The van der Waals surface area contributed by atoms with E-state index >= 15 is 0 Å². The summed E-state index contributed by atoms with van der Waals surface area (Å²) in [5.41, 5.74) is 5.86. The Kier molecular flexibility index (Phi) is 5.79. The van der Waals surface area contributed by atoms with E-state index in [9.17, 15) is 0 Å². The Balaban J connectivity index is 2.61. The molecule has 0 aliphatic heterocycles. The van der Waals surface area contributed by atoms with Crippen LogP contribution in [0.3, 0.4) is 0 Å². The van der Waals surface area contributed by atoms with Gasteiger partial charge in [0.25, 0.3) is 0 Å². The van der Waals surface area contributed by atoms with Crippen LogP contribution in [0.15, 0.2) is 0 Å². The van der Waals surface area contributed by atoms with Crippen LogP contribution >= 0.6 is 0 Å². The largest absolute Gasteiger partial charge is 0.330 e. The predicted octanol–water partition coefficient (Wildman–Crippen LogP) is 2.13. The topological polar surface area (TPSA) is 53.0 Å². The van der Waals surface area contributed by atoms with E-state index in [-0.39, 0.29) is 0 Å². The van der Waals surface area contributed by atoms with E-state index in [4.69, 9.17) is 11.0 Å². The van der Waals surface area contributed by atoms with Gasteiger partial charge in [0.1, 0.15) is 0 Å².